The molecule has 4 rings (SSSR count). The maximum absolute atomic E-state index is 13.3. The molecule has 182 valence electrons. The summed E-state index contributed by atoms with van der Waals surface area (Å²) in [5.74, 6) is -0.256. The van der Waals surface area contributed by atoms with E-state index in [9.17, 15) is 19.8 Å². The SMILES string of the molecule is O=C(O)C1CCCCC1C1CC(O)CCC1C(=O)NC1NC(C2CCC(Cl)CC2Cl)CS1. The van der Waals surface area contributed by atoms with Gasteiger partial charge >= 0.3 is 5.97 Å². The van der Waals surface area contributed by atoms with Gasteiger partial charge in [-0.1, -0.05) is 12.8 Å². The lowest BCUT2D eigenvalue weighted by Crippen LogP contribution is -2.51. The van der Waals surface area contributed by atoms with Gasteiger partial charge < -0.3 is 15.5 Å². The zero-order chi connectivity index (χ0) is 22.8. The number of hydrogen-bond donors (Lipinski definition) is 4. The van der Waals surface area contributed by atoms with E-state index < -0.39 is 18.0 Å². The van der Waals surface area contributed by atoms with E-state index in [4.69, 9.17) is 23.2 Å². The molecule has 4 fully saturated rings. The summed E-state index contributed by atoms with van der Waals surface area (Å²) in [6, 6.07) is 0.260. The zero-order valence-electron chi connectivity index (χ0n) is 18.4. The highest BCUT2D eigenvalue weighted by Crippen LogP contribution is 2.45. The van der Waals surface area contributed by atoms with Crippen LogP contribution in [-0.4, -0.2) is 56.2 Å². The number of alkyl halides is 2. The highest BCUT2D eigenvalue weighted by atomic mass is 35.5. The molecule has 0 aromatic heterocycles. The fraction of sp³-hybridized carbons (Fsp3) is 0.913. The van der Waals surface area contributed by atoms with E-state index in [2.05, 4.69) is 10.6 Å². The second-order valence-electron chi connectivity index (χ2n) is 10.2. The zero-order valence-corrected chi connectivity index (χ0v) is 20.8. The minimum atomic E-state index is -0.757. The highest BCUT2D eigenvalue weighted by molar-refractivity contribution is 8.00. The third-order valence-electron chi connectivity index (χ3n) is 8.25. The average molecular weight is 508 g/mol. The first-order chi connectivity index (χ1) is 15.3. The normalized spacial score (nSPS) is 45.3. The number of carbonyl (C=O) groups excluding carboxylic acids is 1. The summed E-state index contributed by atoms with van der Waals surface area (Å²) in [4.78, 5) is 25.2. The van der Waals surface area contributed by atoms with E-state index in [1.807, 2.05) is 0 Å². The van der Waals surface area contributed by atoms with Gasteiger partial charge in [-0.15, -0.1) is 35.0 Å². The molecule has 1 aliphatic heterocycles. The van der Waals surface area contributed by atoms with Crippen LogP contribution in [0.5, 0.6) is 0 Å². The lowest BCUT2D eigenvalue weighted by Gasteiger charge is -2.42. The largest absolute Gasteiger partial charge is 0.481 e. The van der Waals surface area contributed by atoms with Gasteiger partial charge in [-0.3, -0.25) is 14.9 Å². The molecule has 4 N–H and O–H groups in total. The quantitative estimate of drug-likeness (QED) is 0.423. The van der Waals surface area contributed by atoms with Crippen molar-refractivity contribution in [3.05, 3.63) is 0 Å². The van der Waals surface area contributed by atoms with Gasteiger partial charge in [-0.05, 0) is 69.1 Å². The summed E-state index contributed by atoms with van der Waals surface area (Å²) in [5.41, 5.74) is -0.154. The number of amides is 1. The fourth-order valence-electron chi connectivity index (χ4n) is 6.56. The summed E-state index contributed by atoms with van der Waals surface area (Å²) in [5, 5.41) is 27.0. The van der Waals surface area contributed by atoms with Crippen molar-refractivity contribution in [1.29, 1.82) is 0 Å². The molecule has 1 saturated heterocycles. The molecule has 6 nitrogen and oxygen atoms in total. The number of carbonyl (C=O) groups is 2. The number of aliphatic hydroxyl groups excluding tert-OH is 1. The number of carboxylic acid groups (broad SMARTS) is 1. The first-order valence-corrected chi connectivity index (χ1v) is 14.1. The molecule has 3 aliphatic carbocycles. The van der Waals surface area contributed by atoms with Gasteiger partial charge in [0, 0.05) is 28.5 Å². The Morgan fingerprint density at radius 1 is 0.906 bits per heavy atom. The van der Waals surface area contributed by atoms with Gasteiger partial charge in [0.2, 0.25) is 5.91 Å². The van der Waals surface area contributed by atoms with E-state index in [0.717, 1.165) is 44.3 Å². The Balaban J connectivity index is 1.37. The molecule has 1 amide bonds. The van der Waals surface area contributed by atoms with Crippen LogP contribution in [0, 0.1) is 29.6 Å². The minimum Gasteiger partial charge on any atom is -0.481 e. The van der Waals surface area contributed by atoms with Crippen molar-refractivity contribution in [3.63, 3.8) is 0 Å². The molecule has 10 unspecified atom stereocenters. The number of nitrogens with one attached hydrogen (secondary N) is 2. The third kappa shape index (κ3) is 5.70. The molecule has 4 aliphatic rings. The van der Waals surface area contributed by atoms with Crippen LogP contribution in [0.3, 0.4) is 0 Å². The maximum atomic E-state index is 13.3. The van der Waals surface area contributed by atoms with E-state index in [1.165, 1.54) is 0 Å². The highest BCUT2D eigenvalue weighted by Gasteiger charge is 2.45. The van der Waals surface area contributed by atoms with Gasteiger partial charge in [0.05, 0.1) is 12.0 Å². The average Bonchev–Trinajstić information content (AvgIpc) is 3.21. The summed E-state index contributed by atoms with van der Waals surface area (Å²) in [6.07, 6.45) is 7.54. The van der Waals surface area contributed by atoms with Crippen LogP contribution in [0.1, 0.15) is 64.2 Å². The van der Waals surface area contributed by atoms with Gasteiger partial charge in [0.15, 0.2) is 0 Å². The predicted molar refractivity (Wildman–Crippen MR) is 128 cm³/mol. The van der Waals surface area contributed by atoms with Crippen LogP contribution < -0.4 is 10.6 Å². The Morgan fingerprint density at radius 2 is 1.69 bits per heavy atom. The van der Waals surface area contributed by atoms with Crippen molar-refractivity contribution < 1.29 is 19.8 Å². The number of rotatable bonds is 5. The number of thioether (sulfide) groups is 1. The first kappa shape index (κ1) is 24.9. The molecule has 0 bridgehead atoms. The number of hydrogen-bond acceptors (Lipinski definition) is 5. The lowest BCUT2D eigenvalue weighted by atomic mass is 9.63. The molecule has 3 saturated carbocycles. The van der Waals surface area contributed by atoms with Crippen molar-refractivity contribution in [1.82, 2.24) is 10.6 Å². The van der Waals surface area contributed by atoms with Crippen LogP contribution >= 0.6 is 35.0 Å². The van der Waals surface area contributed by atoms with Crippen molar-refractivity contribution in [2.75, 3.05) is 5.75 Å². The Kier molecular flexibility index (Phi) is 8.58. The van der Waals surface area contributed by atoms with Crippen LogP contribution in [0.15, 0.2) is 0 Å². The minimum absolute atomic E-state index is 0.00541. The molecule has 0 spiro atoms. The maximum Gasteiger partial charge on any atom is 0.306 e. The molecular formula is C23H36Cl2N2O4S. The van der Waals surface area contributed by atoms with Gasteiger partial charge in [-0.2, -0.15) is 0 Å². The second-order valence-corrected chi connectivity index (χ2v) is 12.5. The van der Waals surface area contributed by atoms with Crippen molar-refractivity contribution >= 4 is 46.8 Å². The smallest absolute Gasteiger partial charge is 0.306 e. The summed E-state index contributed by atoms with van der Waals surface area (Å²) < 4.78 is 0. The van der Waals surface area contributed by atoms with Crippen molar-refractivity contribution in [3.8, 4) is 0 Å². The molecular weight excluding hydrogens is 471 g/mol. The van der Waals surface area contributed by atoms with Crippen molar-refractivity contribution in [2.24, 2.45) is 29.6 Å². The monoisotopic (exact) mass is 506 g/mol. The second kappa shape index (κ2) is 11.0. The first-order valence-electron chi connectivity index (χ1n) is 12.2. The summed E-state index contributed by atoms with van der Waals surface area (Å²) in [6.45, 7) is 0. The van der Waals surface area contributed by atoms with Crippen LogP contribution in [-0.2, 0) is 9.59 Å². The number of aliphatic carboxylic acids is 1. The van der Waals surface area contributed by atoms with E-state index >= 15 is 0 Å². The molecule has 0 radical (unpaired) electrons. The predicted octanol–water partition coefficient (Wildman–Crippen LogP) is 3.77. The number of aliphatic hydroxyl groups is 1. The molecule has 0 aromatic carbocycles. The number of halogens is 2. The number of carboxylic acids is 1. The third-order valence-corrected chi connectivity index (χ3v) is 10.3. The van der Waals surface area contributed by atoms with Gasteiger partial charge in [-0.25, -0.2) is 0 Å². The van der Waals surface area contributed by atoms with Crippen LogP contribution in [0.2, 0.25) is 0 Å². The van der Waals surface area contributed by atoms with Crippen LogP contribution in [0.4, 0.5) is 0 Å². The molecule has 32 heavy (non-hydrogen) atoms. The summed E-state index contributed by atoms with van der Waals surface area (Å²) >= 11 is 14.6. The van der Waals surface area contributed by atoms with Gasteiger partial charge in [0.25, 0.3) is 0 Å². The molecule has 1 heterocycles. The summed E-state index contributed by atoms with van der Waals surface area (Å²) in [7, 11) is 0. The van der Waals surface area contributed by atoms with E-state index in [1.54, 1.807) is 11.8 Å². The lowest BCUT2D eigenvalue weighted by molar-refractivity contribution is -0.149. The Hall–Kier alpha value is -0.210. The topological polar surface area (TPSA) is 98.7 Å². The molecule has 9 heteroatoms. The molecule has 10 atom stereocenters. The fourth-order valence-corrected chi connectivity index (χ4v) is 8.70. The van der Waals surface area contributed by atoms with Gasteiger partial charge in [0.1, 0.15) is 5.50 Å². The Labute approximate surface area is 204 Å². The Morgan fingerprint density at radius 3 is 2.44 bits per heavy atom. The van der Waals surface area contributed by atoms with E-state index in [-0.39, 0.29) is 46.0 Å². The van der Waals surface area contributed by atoms with Crippen LogP contribution in [0.25, 0.3) is 0 Å². The molecule has 0 aromatic rings. The van der Waals surface area contributed by atoms with Crippen molar-refractivity contribution in [2.45, 2.75) is 92.6 Å². The Bertz CT molecular complexity index is 686. The standard InChI is InChI=1S/C23H36Cl2N2O4S/c24-12-5-7-17(19(25)9-12)20-11-32-23(26-20)27-21(29)15-8-6-13(28)10-18(15)14-3-1-2-4-16(14)22(30)31/h12-20,23,26,28H,1-11H2,(H,27,29)(H,30,31). The van der Waals surface area contributed by atoms with E-state index in [0.29, 0.717) is 31.6 Å².